The summed E-state index contributed by atoms with van der Waals surface area (Å²) in [6.07, 6.45) is 0. The third kappa shape index (κ3) is 2.62. The Kier molecular flexibility index (Phi) is 3.74. The molecule has 0 saturated carbocycles. The molecule has 0 aliphatic carbocycles. The SMILES string of the molecule is Cc1ccc(C)c(-c2cc(-c3ccc4c(c3)OCO4)c(C#N)c(=O)[nH]2)c1. The second kappa shape index (κ2) is 6.08. The zero-order valence-corrected chi connectivity index (χ0v) is 14.4. The van der Waals surface area contributed by atoms with E-state index in [4.69, 9.17) is 9.47 Å². The first-order valence-electron chi connectivity index (χ1n) is 8.22. The molecule has 0 radical (unpaired) electrons. The predicted octanol–water partition coefficient (Wildman–Crippen LogP) is 3.93. The summed E-state index contributed by atoms with van der Waals surface area (Å²) in [6.45, 7) is 4.17. The highest BCUT2D eigenvalue weighted by atomic mass is 16.7. The molecule has 1 aromatic heterocycles. The van der Waals surface area contributed by atoms with Gasteiger partial charge in [-0.2, -0.15) is 5.26 Å². The van der Waals surface area contributed by atoms with Gasteiger partial charge >= 0.3 is 0 Å². The van der Waals surface area contributed by atoms with Crippen LogP contribution in [0.5, 0.6) is 11.5 Å². The maximum absolute atomic E-state index is 12.5. The van der Waals surface area contributed by atoms with Gasteiger partial charge in [0.1, 0.15) is 11.6 Å². The highest BCUT2D eigenvalue weighted by Crippen LogP contribution is 2.37. The van der Waals surface area contributed by atoms with E-state index in [-0.39, 0.29) is 12.4 Å². The first kappa shape index (κ1) is 16.0. The van der Waals surface area contributed by atoms with Crippen LogP contribution in [0.15, 0.2) is 47.3 Å². The number of H-pyrrole nitrogens is 1. The van der Waals surface area contributed by atoms with E-state index in [1.807, 2.05) is 50.2 Å². The van der Waals surface area contributed by atoms with Gasteiger partial charge in [0.15, 0.2) is 11.5 Å². The smallest absolute Gasteiger partial charge is 0.266 e. The van der Waals surface area contributed by atoms with E-state index in [1.165, 1.54) is 0 Å². The Labute approximate surface area is 150 Å². The van der Waals surface area contributed by atoms with Crippen LogP contribution in [0, 0.1) is 25.2 Å². The standard InChI is InChI=1S/C21H16N2O3/c1-12-3-4-13(2)15(7-12)18-9-16(17(10-22)21(24)23-18)14-5-6-19-20(8-14)26-11-25-19/h3-9H,11H2,1-2H3,(H,23,24). The second-order valence-electron chi connectivity index (χ2n) is 6.30. The second-order valence-corrected chi connectivity index (χ2v) is 6.30. The molecule has 5 nitrogen and oxygen atoms in total. The summed E-state index contributed by atoms with van der Waals surface area (Å²) >= 11 is 0. The summed E-state index contributed by atoms with van der Waals surface area (Å²) in [5, 5.41) is 9.49. The number of aromatic nitrogens is 1. The molecule has 1 aliphatic rings. The molecule has 1 aliphatic heterocycles. The molecule has 0 amide bonds. The van der Waals surface area contributed by atoms with Crippen LogP contribution in [0.3, 0.4) is 0 Å². The number of nitriles is 1. The van der Waals surface area contributed by atoms with Gasteiger partial charge in [0, 0.05) is 16.8 Å². The highest BCUT2D eigenvalue weighted by molar-refractivity contribution is 5.77. The molecule has 5 heteroatoms. The maximum Gasteiger partial charge on any atom is 0.266 e. The largest absolute Gasteiger partial charge is 0.454 e. The summed E-state index contributed by atoms with van der Waals surface area (Å²) in [5.41, 5.74) is 4.76. The van der Waals surface area contributed by atoms with Gasteiger partial charge in [-0.05, 0) is 49.2 Å². The number of hydrogen-bond donors (Lipinski definition) is 1. The molecule has 1 N–H and O–H groups in total. The van der Waals surface area contributed by atoms with Crippen molar-refractivity contribution in [1.29, 1.82) is 5.26 Å². The molecular formula is C21H16N2O3. The lowest BCUT2D eigenvalue weighted by molar-refractivity contribution is 0.174. The van der Waals surface area contributed by atoms with Crippen molar-refractivity contribution in [3.63, 3.8) is 0 Å². The Morgan fingerprint density at radius 3 is 2.62 bits per heavy atom. The van der Waals surface area contributed by atoms with Crippen LogP contribution in [0.4, 0.5) is 0 Å². The van der Waals surface area contributed by atoms with E-state index in [0.29, 0.717) is 22.8 Å². The van der Waals surface area contributed by atoms with Crippen molar-refractivity contribution < 1.29 is 9.47 Å². The van der Waals surface area contributed by atoms with E-state index in [1.54, 1.807) is 12.1 Å². The molecule has 0 bridgehead atoms. The molecule has 0 saturated heterocycles. The number of nitrogens with zero attached hydrogens (tertiary/aromatic N) is 1. The minimum Gasteiger partial charge on any atom is -0.454 e. The Morgan fingerprint density at radius 2 is 1.81 bits per heavy atom. The fraction of sp³-hybridized carbons (Fsp3) is 0.143. The number of nitrogens with one attached hydrogen (secondary N) is 1. The van der Waals surface area contributed by atoms with Crippen molar-refractivity contribution in [2.75, 3.05) is 6.79 Å². The number of aromatic amines is 1. The van der Waals surface area contributed by atoms with Gasteiger partial charge in [-0.3, -0.25) is 4.79 Å². The molecule has 0 atom stereocenters. The third-order valence-corrected chi connectivity index (χ3v) is 4.51. The van der Waals surface area contributed by atoms with Crippen LogP contribution < -0.4 is 15.0 Å². The average molecular weight is 344 g/mol. The first-order valence-corrected chi connectivity index (χ1v) is 8.22. The first-order chi connectivity index (χ1) is 12.6. The van der Waals surface area contributed by atoms with Crippen LogP contribution in [0.2, 0.25) is 0 Å². The number of ether oxygens (including phenoxy) is 2. The van der Waals surface area contributed by atoms with Gasteiger partial charge in [0.2, 0.25) is 6.79 Å². The van der Waals surface area contributed by atoms with E-state index >= 15 is 0 Å². The number of benzene rings is 2. The van der Waals surface area contributed by atoms with E-state index in [0.717, 1.165) is 22.3 Å². The fourth-order valence-electron chi connectivity index (χ4n) is 3.13. The Morgan fingerprint density at radius 1 is 1.00 bits per heavy atom. The Hall–Kier alpha value is -3.52. The van der Waals surface area contributed by atoms with Crippen LogP contribution in [-0.4, -0.2) is 11.8 Å². The van der Waals surface area contributed by atoms with Crippen LogP contribution in [0.25, 0.3) is 22.4 Å². The van der Waals surface area contributed by atoms with Crippen molar-refractivity contribution >= 4 is 0 Å². The molecule has 26 heavy (non-hydrogen) atoms. The number of aryl methyl sites for hydroxylation is 2. The predicted molar refractivity (Wildman–Crippen MR) is 98.2 cm³/mol. The normalized spacial score (nSPS) is 12.0. The van der Waals surface area contributed by atoms with Crippen molar-refractivity contribution in [1.82, 2.24) is 4.98 Å². The number of fused-ring (bicyclic) bond motifs is 1. The lowest BCUT2D eigenvalue weighted by atomic mass is 9.96. The molecule has 2 aromatic carbocycles. The fourth-order valence-corrected chi connectivity index (χ4v) is 3.13. The molecule has 0 unspecified atom stereocenters. The van der Waals surface area contributed by atoms with E-state index < -0.39 is 5.56 Å². The highest BCUT2D eigenvalue weighted by Gasteiger charge is 2.18. The lowest BCUT2D eigenvalue weighted by Gasteiger charge is -2.11. The summed E-state index contributed by atoms with van der Waals surface area (Å²) in [7, 11) is 0. The molecule has 3 aromatic rings. The van der Waals surface area contributed by atoms with Gasteiger partial charge in [-0.25, -0.2) is 0 Å². The van der Waals surface area contributed by atoms with Gasteiger partial charge in [-0.1, -0.05) is 23.8 Å². The molecule has 4 rings (SSSR count). The van der Waals surface area contributed by atoms with Crippen LogP contribution in [-0.2, 0) is 0 Å². The van der Waals surface area contributed by atoms with Crippen LogP contribution in [0.1, 0.15) is 16.7 Å². The molecule has 0 fully saturated rings. The topological polar surface area (TPSA) is 75.1 Å². The van der Waals surface area contributed by atoms with Crippen molar-refractivity contribution in [2.24, 2.45) is 0 Å². The lowest BCUT2D eigenvalue weighted by Crippen LogP contribution is -2.13. The quantitative estimate of drug-likeness (QED) is 0.764. The van der Waals surface area contributed by atoms with Gasteiger partial charge in [0.05, 0.1) is 0 Å². The Balaban J connectivity index is 1.95. The monoisotopic (exact) mass is 344 g/mol. The Bertz CT molecular complexity index is 1120. The third-order valence-electron chi connectivity index (χ3n) is 4.51. The zero-order chi connectivity index (χ0) is 18.3. The minimum absolute atomic E-state index is 0.0814. The zero-order valence-electron chi connectivity index (χ0n) is 14.4. The van der Waals surface area contributed by atoms with Crippen molar-refractivity contribution in [3.05, 3.63) is 69.5 Å². The minimum atomic E-state index is -0.404. The van der Waals surface area contributed by atoms with E-state index in [2.05, 4.69) is 4.98 Å². The summed E-state index contributed by atoms with van der Waals surface area (Å²) in [6, 6.07) is 15.3. The van der Waals surface area contributed by atoms with E-state index in [9.17, 15) is 10.1 Å². The summed E-state index contributed by atoms with van der Waals surface area (Å²) < 4.78 is 10.8. The average Bonchev–Trinajstić information content (AvgIpc) is 3.10. The maximum atomic E-state index is 12.5. The van der Waals surface area contributed by atoms with Gasteiger partial charge in [-0.15, -0.1) is 0 Å². The summed E-state index contributed by atoms with van der Waals surface area (Å²) in [5.74, 6) is 1.27. The number of hydrogen-bond acceptors (Lipinski definition) is 4. The molecule has 128 valence electrons. The molecule has 2 heterocycles. The van der Waals surface area contributed by atoms with Crippen molar-refractivity contribution in [3.8, 4) is 40.0 Å². The van der Waals surface area contributed by atoms with Gasteiger partial charge in [0.25, 0.3) is 5.56 Å². The van der Waals surface area contributed by atoms with Gasteiger partial charge < -0.3 is 14.5 Å². The van der Waals surface area contributed by atoms with Crippen LogP contribution >= 0.6 is 0 Å². The molecular weight excluding hydrogens is 328 g/mol. The van der Waals surface area contributed by atoms with Crippen molar-refractivity contribution in [2.45, 2.75) is 13.8 Å². The molecule has 0 spiro atoms. The number of rotatable bonds is 2. The number of pyridine rings is 1. The summed E-state index contributed by atoms with van der Waals surface area (Å²) in [4.78, 5) is 15.4.